The molecule has 0 saturated carbocycles. The number of aliphatic hydroxyl groups is 1. The molecule has 6 nitrogen and oxygen atoms in total. The van der Waals surface area contributed by atoms with Crippen LogP contribution in [-0.2, 0) is 16.0 Å². The third kappa shape index (κ3) is 4.96. The Bertz CT molecular complexity index is 700. The molecule has 0 aliphatic rings. The predicted molar refractivity (Wildman–Crippen MR) is 87.3 cm³/mol. The van der Waals surface area contributed by atoms with Gasteiger partial charge in [0.15, 0.2) is 6.61 Å². The zero-order valence-corrected chi connectivity index (χ0v) is 13.0. The lowest BCUT2D eigenvalue weighted by Crippen LogP contribution is -2.31. The van der Waals surface area contributed by atoms with Gasteiger partial charge in [-0.3, -0.25) is 9.59 Å². The van der Waals surface area contributed by atoms with Crippen LogP contribution >= 0.6 is 0 Å². The topological polar surface area (TPSA) is 87.7 Å². The van der Waals surface area contributed by atoms with Gasteiger partial charge in [0.05, 0.1) is 13.0 Å². The average Bonchev–Trinajstić information content (AvgIpc) is 2.57. The van der Waals surface area contributed by atoms with Crippen molar-refractivity contribution >= 4 is 22.6 Å². The smallest absolute Gasteiger partial charge is 0.258 e. The standard InChI is InChI=1S/C17H20N2O4/c1-18-16(21)9-12-2-3-14-10-15(5-4-13(14)8-12)23-11-17(22)19-6-7-20/h2-5,8,10,20H,6-7,9,11H2,1H3,(H,18,21)(H,19,22). The normalized spacial score (nSPS) is 10.3. The first-order valence-corrected chi connectivity index (χ1v) is 7.36. The van der Waals surface area contributed by atoms with E-state index in [1.165, 1.54) is 0 Å². The minimum atomic E-state index is -0.278. The van der Waals surface area contributed by atoms with Crippen LogP contribution in [-0.4, -0.2) is 43.7 Å². The van der Waals surface area contributed by atoms with Crippen molar-refractivity contribution in [3.63, 3.8) is 0 Å². The van der Waals surface area contributed by atoms with Crippen LogP contribution in [0.5, 0.6) is 5.75 Å². The minimum Gasteiger partial charge on any atom is -0.484 e. The van der Waals surface area contributed by atoms with E-state index in [9.17, 15) is 9.59 Å². The quantitative estimate of drug-likeness (QED) is 0.698. The lowest BCUT2D eigenvalue weighted by Gasteiger charge is -2.08. The minimum absolute atomic E-state index is 0.0294. The van der Waals surface area contributed by atoms with Crippen molar-refractivity contribution in [1.29, 1.82) is 0 Å². The molecule has 0 saturated heterocycles. The number of benzene rings is 2. The van der Waals surface area contributed by atoms with Gasteiger partial charge in [-0.15, -0.1) is 0 Å². The maximum absolute atomic E-state index is 11.4. The Balaban J connectivity index is 2.03. The predicted octanol–water partition coefficient (Wildman–Crippen LogP) is 0.616. The number of carbonyl (C=O) groups excluding carboxylic acids is 2. The number of amides is 2. The van der Waals surface area contributed by atoms with Crippen molar-refractivity contribution < 1.29 is 19.4 Å². The summed E-state index contributed by atoms with van der Waals surface area (Å²) in [6.45, 7) is 0.0222. The number of carbonyl (C=O) groups is 2. The van der Waals surface area contributed by atoms with Gasteiger partial charge in [-0.1, -0.05) is 24.3 Å². The molecule has 0 aromatic heterocycles. The second kappa shape index (κ2) is 8.14. The Morgan fingerprint density at radius 3 is 2.57 bits per heavy atom. The van der Waals surface area contributed by atoms with Crippen molar-refractivity contribution in [2.75, 3.05) is 26.8 Å². The van der Waals surface area contributed by atoms with E-state index in [1.807, 2.05) is 30.3 Å². The third-order valence-corrected chi connectivity index (χ3v) is 3.32. The zero-order chi connectivity index (χ0) is 16.7. The summed E-state index contributed by atoms with van der Waals surface area (Å²) in [5.74, 6) is 0.286. The van der Waals surface area contributed by atoms with Crippen molar-refractivity contribution in [2.24, 2.45) is 0 Å². The first-order chi connectivity index (χ1) is 11.1. The number of hydrogen-bond donors (Lipinski definition) is 3. The Morgan fingerprint density at radius 1 is 1.09 bits per heavy atom. The SMILES string of the molecule is CNC(=O)Cc1ccc2cc(OCC(=O)NCCO)ccc2c1. The van der Waals surface area contributed by atoms with Gasteiger partial charge in [0, 0.05) is 13.6 Å². The molecule has 0 radical (unpaired) electrons. The molecule has 2 aromatic carbocycles. The van der Waals surface area contributed by atoms with Crippen LogP contribution in [0.3, 0.4) is 0 Å². The van der Waals surface area contributed by atoms with E-state index >= 15 is 0 Å². The first kappa shape index (κ1) is 16.8. The third-order valence-electron chi connectivity index (χ3n) is 3.32. The molecule has 6 heteroatoms. The molecule has 0 unspecified atom stereocenters. The summed E-state index contributed by atoms with van der Waals surface area (Å²) in [4.78, 5) is 22.8. The molecule has 2 amide bonds. The van der Waals surface area contributed by atoms with Gasteiger partial charge in [0.25, 0.3) is 5.91 Å². The van der Waals surface area contributed by atoms with Gasteiger partial charge < -0.3 is 20.5 Å². The maximum atomic E-state index is 11.4. The van der Waals surface area contributed by atoms with Gasteiger partial charge >= 0.3 is 0 Å². The lowest BCUT2D eigenvalue weighted by molar-refractivity contribution is -0.123. The summed E-state index contributed by atoms with van der Waals surface area (Å²) in [6, 6.07) is 11.3. The molecule has 3 N–H and O–H groups in total. The van der Waals surface area contributed by atoms with Gasteiger partial charge in [0.2, 0.25) is 5.91 Å². The van der Waals surface area contributed by atoms with E-state index in [1.54, 1.807) is 13.1 Å². The highest BCUT2D eigenvalue weighted by atomic mass is 16.5. The van der Waals surface area contributed by atoms with Crippen LogP contribution in [0.2, 0.25) is 0 Å². The number of nitrogens with one attached hydrogen (secondary N) is 2. The number of fused-ring (bicyclic) bond motifs is 1. The van der Waals surface area contributed by atoms with Gasteiger partial charge in [-0.05, 0) is 28.5 Å². The van der Waals surface area contributed by atoms with Crippen molar-refractivity contribution in [3.05, 3.63) is 42.0 Å². The van der Waals surface area contributed by atoms with Crippen LogP contribution in [0.15, 0.2) is 36.4 Å². The summed E-state index contributed by atoms with van der Waals surface area (Å²) >= 11 is 0. The molecule has 0 aliphatic heterocycles. The summed E-state index contributed by atoms with van der Waals surface area (Å²) in [6.07, 6.45) is 0.343. The molecule has 122 valence electrons. The summed E-state index contributed by atoms with van der Waals surface area (Å²) in [5, 5.41) is 15.7. The molecule has 0 bridgehead atoms. The van der Waals surface area contributed by atoms with Crippen molar-refractivity contribution in [1.82, 2.24) is 10.6 Å². The molecule has 2 aromatic rings. The molecule has 0 heterocycles. The monoisotopic (exact) mass is 316 g/mol. The largest absolute Gasteiger partial charge is 0.484 e. The van der Waals surface area contributed by atoms with E-state index in [4.69, 9.17) is 9.84 Å². The van der Waals surface area contributed by atoms with E-state index in [0.717, 1.165) is 16.3 Å². The zero-order valence-electron chi connectivity index (χ0n) is 13.0. The second-order valence-electron chi connectivity index (χ2n) is 5.06. The molecule has 2 rings (SSSR count). The Kier molecular flexibility index (Phi) is 5.94. The molecular weight excluding hydrogens is 296 g/mol. The van der Waals surface area contributed by atoms with E-state index in [2.05, 4.69) is 10.6 Å². The van der Waals surface area contributed by atoms with Crippen molar-refractivity contribution in [3.8, 4) is 5.75 Å². The fourth-order valence-corrected chi connectivity index (χ4v) is 2.14. The molecule has 0 atom stereocenters. The molecule has 23 heavy (non-hydrogen) atoms. The summed E-state index contributed by atoms with van der Waals surface area (Å²) < 4.78 is 5.43. The van der Waals surface area contributed by atoms with E-state index in [-0.39, 0.29) is 31.6 Å². The fourth-order valence-electron chi connectivity index (χ4n) is 2.14. The Hall–Kier alpha value is -2.60. The van der Waals surface area contributed by atoms with E-state index in [0.29, 0.717) is 12.2 Å². The first-order valence-electron chi connectivity index (χ1n) is 7.36. The highest BCUT2D eigenvalue weighted by Gasteiger charge is 2.05. The average molecular weight is 316 g/mol. The van der Waals surface area contributed by atoms with Crippen LogP contribution in [0, 0.1) is 0 Å². The second-order valence-corrected chi connectivity index (χ2v) is 5.06. The number of likely N-dealkylation sites (N-methyl/N-ethyl adjacent to an activating group) is 1. The van der Waals surface area contributed by atoms with Crippen LogP contribution in [0.1, 0.15) is 5.56 Å². The van der Waals surface area contributed by atoms with Crippen LogP contribution in [0.4, 0.5) is 0 Å². The molecule has 0 aliphatic carbocycles. The van der Waals surface area contributed by atoms with Gasteiger partial charge in [-0.2, -0.15) is 0 Å². The number of ether oxygens (including phenoxy) is 1. The maximum Gasteiger partial charge on any atom is 0.258 e. The molecular formula is C17H20N2O4. The number of hydrogen-bond acceptors (Lipinski definition) is 4. The fraction of sp³-hybridized carbons (Fsp3) is 0.294. The van der Waals surface area contributed by atoms with E-state index < -0.39 is 0 Å². The van der Waals surface area contributed by atoms with Gasteiger partial charge in [0.1, 0.15) is 5.75 Å². The Morgan fingerprint density at radius 2 is 1.83 bits per heavy atom. The van der Waals surface area contributed by atoms with Crippen LogP contribution < -0.4 is 15.4 Å². The number of rotatable bonds is 7. The summed E-state index contributed by atoms with van der Waals surface area (Å²) in [5.41, 5.74) is 0.939. The van der Waals surface area contributed by atoms with Crippen molar-refractivity contribution in [2.45, 2.75) is 6.42 Å². The molecule has 0 spiro atoms. The summed E-state index contributed by atoms with van der Waals surface area (Å²) in [7, 11) is 1.61. The highest BCUT2D eigenvalue weighted by Crippen LogP contribution is 2.22. The number of aliphatic hydroxyl groups excluding tert-OH is 1. The highest BCUT2D eigenvalue weighted by molar-refractivity contribution is 5.86. The Labute approximate surface area is 134 Å². The molecule has 0 fully saturated rings. The van der Waals surface area contributed by atoms with Gasteiger partial charge in [-0.25, -0.2) is 0 Å². The lowest BCUT2D eigenvalue weighted by atomic mass is 10.0. The van der Waals surface area contributed by atoms with Crippen LogP contribution in [0.25, 0.3) is 10.8 Å².